The predicted octanol–water partition coefficient (Wildman–Crippen LogP) is 2.84. The molecule has 5 nitrogen and oxygen atoms in total. The molecule has 0 aromatic carbocycles. The fourth-order valence-electron chi connectivity index (χ4n) is 1.27. The number of carbonyl (C=O) groups excluding carboxylic acids is 1. The Bertz CT molecular complexity index is 424. The molecule has 0 bridgehead atoms. The van der Waals surface area contributed by atoms with E-state index < -0.39 is 0 Å². The third-order valence-electron chi connectivity index (χ3n) is 2.41. The predicted molar refractivity (Wildman–Crippen MR) is 77.5 cm³/mol. The molecule has 0 saturated heterocycles. The molecule has 0 saturated carbocycles. The van der Waals surface area contributed by atoms with Gasteiger partial charge in [-0.15, -0.1) is 0 Å². The summed E-state index contributed by atoms with van der Waals surface area (Å²) in [4.78, 5) is 16.1. The van der Waals surface area contributed by atoms with Crippen LogP contribution in [0.5, 0.6) is 0 Å². The Balaban J connectivity index is 2.49. The monoisotopic (exact) mass is 285 g/mol. The number of esters is 1. The second kappa shape index (κ2) is 6.32. The molecule has 1 aromatic heterocycles. The van der Waals surface area contributed by atoms with Crippen molar-refractivity contribution in [2.24, 2.45) is 5.92 Å². The van der Waals surface area contributed by atoms with Gasteiger partial charge in [-0.05, 0) is 13.8 Å². The second-order valence-electron chi connectivity index (χ2n) is 5.94. The maximum atomic E-state index is 11.6. The van der Waals surface area contributed by atoms with Crippen molar-refractivity contribution in [1.82, 2.24) is 9.36 Å². The van der Waals surface area contributed by atoms with Crippen LogP contribution in [-0.2, 0) is 14.9 Å². The number of hydrogen-bond acceptors (Lipinski definition) is 6. The Labute approximate surface area is 118 Å². The third-order valence-corrected chi connectivity index (χ3v) is 3.08. The van der Waals surface area contributed by atoms with Crippen LogP contribution in [0.4, 0.5) is 5.13 Å². The maximum Gasteiger partial charge on any atom is 0.310 e. The molecule has 0 radical (unpaired) electrons. The molecule has 1 atom stereocenters. The number of ether oxygens (including phenoxy) is 1. The smallest absolute Gasteiger partial charge is 0.310 e. The molecular formula is C13H23N3O2S. The highest BCUT2D eigenvalue weighted by Gasteiger charge is 2.20. The molecule has 0 spiro atoms. The quantitative estimate of drug-likeness (QED) is 0.843. The normalized spacial score (nSPS) is 13.4. The van der Waals surface area contributed by atoms with Crippen LogP contribution in [0, 0.1) is 5.92 Å². The number of hydrogen-bond donors (Lipinski definition) is 1. The summed E-state index contributed by atoms with van der Waals surface area (Å²) in [7, 11) is 0. The minimum atomic E-state index is -0.204. The zero-order chi connectivity index (χ0) is 14.6. The van der Waals surface area contributed by atoms with E-state index in [2.05, 4.69) is 35.4 Å². The largest absolute Gasteiger partial charge is 0.463 e. The van der Waals surface area contributed by atoms with E-state index in [0.29, 0.717) is 6.54 Å². The lowest BCUT2D eigenvalue weighted by Gasteiger charge is -2.14. The van der Waals surface area contributed by atoms with Crippen molar-refractivity contribution in [2.75, 3.05) is 11.9 Å². The number of anilines is 1. The van der Waals surface area contributed by atoms with Crippen LogP contribution in [0.15, 0.2) is 0 Å². The zero-order valence-corrected chi connectivity index (χ0v) is 13.3. The number of carbonyl (C=O) groups is 1. The highest BCUT2D eigenvalue weighted by Crippen LogP contribution is 2.23. The van der Waals surface area contributed by atoms with Gasteiger partial charge in [0.15, 0.2) is 0 Å². The average Bonchev–Trinajstić information content (AvgIpc) is 2.72. The SMILES string of the molecule is CC(C)OC(=O)C(C)CNc1nc(C(C)(C)C)ns1. The van der Waals surface area contributed by atoms with E-state index in [1.807, 2.05) is 20.8 Å². The summed E-state index contributed by atoms with van der Waals surface area (Å²) in [6.45, 7) is 12.2. The van der Waals surface area contributed by atoms with E-state index in [9.17, 15) is 4.79 Å². The van der Waals surface area contributed by atoms with Gasteiger partial charge in [0.05, 0.1) is 12.0 Å². The average molecular weight is 285 g/mol. The fourth-order valence-corrected chi connectivity index (χ4v) is 2.03. The van der Waals surface area contributed by atoms with Gasteiger partial charge in [-0.2, -0.15) is 4.37 Å². The second-order valence-corrected chi connectivity index (χ2v) is 6.69. The molecule has 0 aliphatic heterocycles. The van der Waals surface area contributed by atoms with Crippen molar-refractivity contribution in [3.05, 3.63) is 5.82 Å². The number of rotatable bonds is 5. The van der Waals surface area contributed by atoms with E-state index in [0.717, 1.165) is 11.0 Å². The Morgan fingerprint density at radius 3 is 2.47 bits per heavy atom. The number of nitrogens with zero attached hydrogens (tertiary/aromatic N) is 2. The molecule has 0 amide bonds. The maximum absolute atomic E-state index is 11.6. The van der Waals surface area contributed by atoms with Crippen molar-refractivity contribution < 1.29 is 9.53 Å². The van der Waals surface area contributed by atoms with Gasteiger partial charge < -0.3 is 10.1 Å². The Morgan fingerprint density at radius 2 is 2.00 bits per heavy atom. The lowest BCUT2D eigenvalue weighted by atomic mass is 9.96. The molecular weight excluding hydrogens is 262 g/mol. The number of nitrogens with one attached hydrogen (secondary N) is 1. The molecule has 19 heavy (non-hydrogen) atoms. The molecule has 1 heterocycles. The summed E-state index contributed by atoms with van der Waals surface area (Å²) in [5.41, 5.74) is -0.0569. The first-order valence-electron chi connectivity index (χ1n) is 6.48. The van der Waals surface area contributed by atoms with Crippen LogP contribution in [-0.4, -0.2) is 28.0 Å². The minimum Gasteiger partial charge on any atom is -0.463 e. The summed E-state index contributed by atoms with van der Waals surface area (Å²) >= 11 is 1.32. The first-order chi connectivity index (χ1) is 8.70. The first kappa shape index (κ1) is 15.9. The lowest BCUT2D eigenvalue weighted by Crippen LogP contribution is -2.25. The van der Waals surface area contributed by atoms with Crippen molar-refractivity contribution in [3.63, 3.8) is 0 Å². The summed E-state index contributed by atoms with van der Waals surface area (Å²) in [6, 6.07) is 0. The molecule has 0 aliphatic rings. The van der Waals surface area contributed by atoms with Crippen molar-refractivity contribution in [1.29, 1.82) is 0 Å². The Kier molecular flexibility index (Phi) is 5.29. The number of aromatic nitrogens is 2. The zero-order valence-electron chi connectivity index (χ0n) is 12.5. The lowest BCUT2D eigenvalue weighted by molar-refractivity contribution is -0.151. The fraction of sp³-hybridized carbons (Fsp3) is 0.769. The molecule has 6 heteroatoms. The minimum absolute atomic E-state index is 0.0569. The highest BCUT2D eigenvalue weighted by atomic mass is 32.1. The molecule has 0 aliphatic carbocycles. The van der Waals surface area contributed by atoms with Crippen LogP contribution >= 0.6 is 11.5 Å². The van der Waals surface area contributed by atoms with Crippen molar-refractivity contribution in [3.8, 4) is 0 Å². The van der Waals surface area contributed by atoms with E-state index in [-0.39, 0.29) is 23.4 Å². The van der Waals surface area contributed by atoms with E-state index in [4.69, 9.17) is 4.74 Å². The van der Waals surface area contributed by atoms with Crippen LogP contribution in [0.3, 0.4) is 0 Å². The van der Waals surface area contributed by atoms with E-state index in [1.165, 1.54) is 11.5 Å². The van der Waals surface area contributed by atoms with Gasteiger partial charge in [-0.3, -0.25) is 4.79 Å². The third kappa shape index (κ3) is 5.14. The molecule has 1 rings (SSSR count). The highest BCUT2D eigenvalue weighted by molar-refractivity contribution is 7.09. The van der Waals surface area contributed by atoms with Gasteiger partial charge in [-0.25, -0.2) is 4.98 Å². The van der Waals surface area contributed by atoms with Gasteiger partial charge >= 0.3 is 5.97 Å². The van der Waals surface area contributed by atoms with Crippen molar-refractivity contribution >= 4 is 22.6 Å². The van der Waals surface area contributed by atoms with Gasteiger partial charge in [0.25, 0.3) is 0 Å². The van der Waals surface area contributed by atoms with E-state index in [1.54, 1.807) is 0 Å². The first-order valence-corrected chi connectivity index (χ1v) is 7.26. The topological polar surface area (TPSA) is 64.1 Å². The summed E-state index contributed by atoms with van der Waals surface area (Å²) in [5, 5.41) is 3.88. The standard InChI is InChI=1S/C13H23N3O2S/c1-8(2)18-10(17)9(3)7-14-12-15-11(16-19-12)13(4,5)6/h8-9H,7H2,1-6H3,(H,14,15,16). The summed E-state index contributed by atoms with van der Waals surface area (Å²) in [5.74, 6) is 0.421. The molecule has 1 unspecified atom stereocenters. The van der Waals surface area contributed by atoms with E-state index >= 15 is 0 Å². The van der Waals surface area contributed by atoms with Crippen LogP contribution in [0.1, 0.15) is 47.4 Å². The van der Waals surface area contributed by atoms with Crippen molar-refractivity contribution in [2.45, 2.75) is 53.1 Å². The van der Waals surface area contributed by atoms with Crippen LogP contribution in [0.25, 0.3) is 0 Å². The summed E-state index contributed by atoms with van der Waals surface area (Å²) in [6.07, 6.45) is -0.0797. The molecule has 1 aromatic rings. The Morgan fingerprint density at radius 1 is 1.37 bits per heavy atom. The van der Waals surface area contributed by atoms with Gasteiger partial charge in [0.2, 0.25) is 5.13 Å². The van der Waals surface area contributed by atoms with Gasteiger partial charge in [-0.1, -0.05) is 27.7 Å². The molecule has 108 valence electrons. The summed E-state index contributed by atoms with van der Waals surface area (Å²) < 4.78 is 9.46. The van der Waals surface area contributed by atoms with Gasteiger partial charge in [0.1, 0.15) is 5.82 Å². The van der Waals surface area contributed by atoms with Crippen LogP contribution < -0.4 is 5.32 Å². The molecule has 1 N–H and O–H groups in total. The Hall–Kier alpha value is -1.17. The van der Waals surface area contributed by atoms with Crippen LogP contribution in [0.2, 0.25) is 0 Å². The molecule has 0 fully saturated rings. The van der Waals surface area contributed by atoms with Gasteiger partial charge in [0, 0.05) is 23.5 Å².